The fraction of sp³-hybridized carbons (Fsp3) is 0.467. The van der Waals surface area contributed by atoms with E-state index in [0.29, 0.717) is 0 Å². The summed E-state index contributed by atoms with van der Waals surface area (Å²) in [5.41, 5.74) is 1.69. The standard InChI is InChI=1S/C15H18O4/c1-15(7-13-6-11(8-16)9-18-13)4-2-14(19-15)12-3-5-17-10-12/h3,5-6,9-10,14,16H,2,4,7-8H2,1H3. The summed E-state index contributed by atoms with van der Waals surface area (Å²) < 4.78 is 16.7. The van der Waals surface area contributed by atoms with Gasteiger partial charge in [-0.25, -0.2) is 0 Å². The Hall–Kier alpha value is -1.52. The minimum Gasteiger partial charge on any atom is -0.472 e. The molecule has 0 bridgehead atoms. The Morgan fingerprint density at radius 1 is 1.42 bits per heavy atom. The molecule has 0 spiro atoms. The smallest absolute Gasteiger partial charge is 0.107 e. The predicted molar refractivity (Wildman–Crippen MR) is 68.5 cm³/mol. The molecule has 1 aliphatic rings. The summed E-state index contributed by atoms with van der Waals surface area (Å²) in [5.74, 6) is 0.861. The van der Waals surface area contributed by atoms with Gasteiger partial charge in [-0.1, -0.05) is 0 Å². The summed E-state index contributed by atoms with van der Waals surface area (Å²) in [6.45, 7) is 2.12. The Morgan fingerprint density at radius 3 is 3.00 bits per heavy atom. The highest BCUT2D eigenvalue weighted by Gasteiger charge is 2.37. The van der Waals surface area contributed by atoms with Crippen LogP contribution < -0.4 is 0 Å². The molecule has 0 aromatic carbocycles. The van der Waals surface area contributed by atoms with E-state index in [1.54, 1.807) is 18.8 Å². The molecule has 3 heterocycles. The molecule has 3 rings (SSSR count). The molecule has 2 unspecified atom stereocenters. The van der Waals surface area contributed by atoms with Crippen molar-refractivity contribution in [2.24, 2.45) is 0 Å². The maximum atomic E-state index is 9.04. The van der Waals surface area contributed by atoms with Gasteiger partial charge >= 0.3 is 0 Å². The lowest BCUT2D eigenvalue weighted by Crippen LogP contribution is -2.26. The molecular formula is C15H18O4. The van der Waals surface area contributed by atoms with Crippen molar-refractivity contribution < 1.29 is 18.7 Å². The van der Waals surface area contributed by atoms with Crippen LogP contribution >= 0.6 is 0 Å². The van der Waals surface area contributed by atoms with E-state index in [0.717, 1.165) is 36.1 Å². The molecule has 2 aromatic rings. The second kappa shape index (κ2) is 4.87. The van der Waals surface area contributed by atoms with Gasteiger partial charge in [0.05, 0.1) is 37.1 Å². The van der Waals surface area contributed by atoms with E-state index in [4.69, 9.17) is 18.7 Å². The van der Waals surface area contributed by atoms with Gasteiger partial charge in [0.1, 0.15) is 5.76 Å². The zero-order chi connectivity index (χ0) is 13.3. The molecule has 2 aromatic heterocycles. The first kappa shape index (κ1) is 12.5. The van der Waals surface area contributed by atoms with Crippen molar-refractivity contribution in [2.45, 2.75) is 44.5 Å². The van der Waals surface area contributed by atoms with Crippen LogP contribution in [0.3, 0.4) is 0 Å². The van der Waals surface area contributed by atoms with Gasteiger partial charge in [0.2, 0.25) is 0 Å². The average molecular weight is 262 g/mol. The molecule has 4 heteroatoms. The van der Waals surface area contributed by atoms with Crippen LogP contribution in [0.1, 0.15) is 42.8 Å². The molecule has 0 amide bonds. The van der Waals surface area contributed by atoms with Crippen LogP contribution in [-0.2, 0) is 17.8 Å². The first-order chi connectivity index (χ1) is 9.18. The first-order valence-electron chi connectivity index (χ1n) is 6.56. The minimum absolute atomic E-state index is 0.0126. The lowest BCUT2D eigenvalue weighted by molar-refractivity contribution is -0.0319. The molecule has 19 heavy (non-hydrogen) atoms. The molecule has 1 aliphatic heterocycles. The number of ether oxygens (including phenoxy) is 1. The van der Waals surface area contributed by atoms with E-state index in [2.05, 4.69) is 6.92 Å². The molecule has 102 valence electrons. The van der Waals surface area contributed by atoms with E-state index in [1.165, 1.54) is 0 Å². The van der Waals surface area contributed by atoms with Crippen molar-refractivity contribution in [2.75, 3.05) is 0 Å². The van der Waals surface area contributed by atoms with Gasteiger partial charge in [0, 0.05) is 17.5 Å². The van der Waals surface area contributed by atoms with E-state index in [1.807, 2.05) is 12.1 Å². The predicted octanol–water partition coefficient (Wildman–Crippen LogP) is 3.22. The molecule has 1 saturated heterocycles. The van der Waals surface area contributed by atoms with Crippen LogP contribution in [0.15, 0.2) is 39.8 Å². The van der Waals surface area contributed by atoms with Gasteiger partial charge in [0.15, 0.2) is 0 Å². The molecule has 0 saturated carbocycles. The molecular weight excluding hydrogens is 244 g/mol. The Bertz CT molecular complexity index is 528. The zero-order valence-electron chi connectivity index (χ0n) is 11.0. The third-order valence-corrected chi connectivity index (χ3v) is 3.72. The molecule has 0 radical (unpaired) electrons. The number of aliphatic hydroxyl groups excluding tert-OH is 1. The van der Waals surface area contributed by atoms with E-state index in [9.17, 15) is 0 Å². The van der Waals surface area contributed by atoms with Crippen LogP contribution in [0.25, 0.3) is 0 Å². The van der Waals surface area contributed by atoms with E-state index >= 15 is 0 Å². The van der Waals surface area contributed by atoms with Crippen LogP contribution in [0.2, 0.25) is 0 Å². The maximum Gasteiger partial charge on any atom is 0.107 e. The van der Waals surface area contributed by atoms with Gasteiger partial charge in [-0.05, 0) is 31.9 Å². The summed E-state index contributed by atoms with van der Waals surface area (Å²) in [6.07, 6.45) is 7.82. The Balaban J connectivity index is 1.68. The summed E-state index contributed by atoms with van der Waals surface area (Å²) in [5, 5.41) is 9.04. The summed E-state index contributed by atoms with van der Waals surface area (Å²) >= 11 is 0. The average Bonchev–Trinajstić information content (AvgIpc) is 3.09. The number of hydrogen-bond donors (Lipinski definition) is 1. The van der Waals surface area contributed by atoms with Gasteiger partial charge in [-0.15, -0.1) is 0 Å². The molecule has 4 nitrogen and oxygen atoms in total. The van der Waals surface area contributed by atoms with Crippen molar-refractivity contribution in [3.63, 3.8) is 0 Å². The Kier molecular flexibility index (Phi) is 3.21. The normalized spacial score (nSPS) is 26.9. The van der Waals surface area contributed by atoms with Crippen LogP contribution in [0.4, 0.5) is 0 Å². The summed E-state index contributed by atoms with van der Waals surface area (Å²) in [7, 11) is 0. The summed E-state index contributed by atoms with van der Waals surface area (Å²) in [4.78, 5) is 0. The van der Waals surface area contributed by atoms with Crippen LogP contribution in [-0.4, -0.2) is 10.7 Å². The van der Waals surface area contributed by atoms with Crippen LogP contribution in [0, 0.1) is 0 Å². The summed E-state index contributed by atoms with van der Waals surface area (Å²) in [6, 6.07) is 3.84. The lowest BCUT2D eigenvalue weighted by Gasteiger charge is -2.23. The first-order valence-corrected chi connectivity index (χ1v) is 6.56. The van der Waals surface area contributed by atoms with E-state index < -0.39 is 0 Å². The highest BCUT2D eigenvalue weighted by Crippen LogP contribution is 2.41. The number of hydrogen-bond acceptors (Lipinski definition) is 4. The van der Waals surface area contributed by atoms with Crippen molar-refractivity contribution in [3.05, 3.63) is 47.8 Å². The Morgan fingerprint density at radius 2 is 2.32 bits per heavy atom. The van der Waals surface area contributed by atoms with Crippen molar-refractivity contribution in [3.8, 4) is 0 Å². The van der Waals surface area contributed by atoms with Crippen molar-refractivity contribution in [1.29, 1.82) is 0 Å². The molecule has 1 fully saturated rings. The number of furan rings is 2. The largest absolute Gasteiger partial charge is 0.472 e. The fourth-order valence-electron chi connectivity index (χ4n) is 2.69. The van der Waals surface area contributed by atoms with Crippen molar-refractivity contribution >= 4 is 0 Å². The lowest BCUT2D eigenvalue weighted by atomic mass is 9.96. The Labute approximate surface area is 112 Å². The topological polar surface area (TPSA) is 55.7 Å². The monoisotopic (exact) mass is 262 g/mol. The van der Waals surface area contributed by atoms with Gasteiger partial charge in [-0.3, -0.25) is 0 Å². The third kappa shape index (κ3) is 2.60. The third-order valence-electron chi connectivity index (χ3n) is 3.72. The second-order valence-electron chi connectivity index (χ2n) is 5.41. The molecule has 1 N–H and O–H groups in total. The molecule has 2 atom stereocenters. The number of aliphatic hydroxyl groups is 1. The van der Waals surface area contributed by atoms with Gasteiger partial charge in [0.25, 0.3) is 0 Å². The highest BCUT2D eigenvalue weighted by atomic mass is 16.5. The van der Waals surface area contributed by atoms with Gasteiger partial charge in [-0.2, -0.15) is 0 Å². The molecule has 0 aliphatic carbocycles. The SMILES string of the molecule is CC1(Cc2cc(CO)co2)CCC(c2ccoc2)O1. The highest BCUT2D eigenvalue weighted by molar-refractivity contribution is 5.16. The van der Waals surface area contributed by atoms with Crippen molar-refractivity contribution in [1.82, 2.24) is 0 Å². The van der Waals surface area contributed by atoms with Crippen LogP contribution in [0.5, 0.6) is 0 Å². The number of rotatable bonds is 4. The minimum atomic E-state index is -0.216. The zero-order valence-corrected chi connectivity index (χ0v) is 11.0. The fourth-order valence-corrected chi connectivity index (χ4v) is 2.69. The quantitative estimate of drug-likeness (QED) is 0.919. The van der Waals surface area contributed by atoms with E-state index in [-0.39, 0.29) is 18.3 Å². The van der Waals surface area contributed by atoms with Gasteiger partial charge < -0.3 is 18.7 Å². The second-order valence-corrected chi connectivity index (χ2v) is 5.41. The maximum absolute atomic E-state index is 9.04.